The summed E-state index contributed by atoms with van der Waals surface area (Å²) in [5.41, 5.74) is 0.699. The molecule has 0 spiro atoms. The lowest BCUT2D eigenvalue weighted by atomic mass is 10.2. The van der Waals surface area contributed by atoms with Crippen LogP contribution in [0.2, 0.25) is 0 Å². The van der Waals surface area contributed by atoms with Crippen molar-refractivity contribution in [1.82, 2.24) is 5.32 Å². The lowest BCUT2D eigenvalue weighted by Gasteiger charge is -2.12. The molecule has 2 aromatic carbocycles. The van der Waals surface area contributed by atoms with Gasteiger partial charge in [-0.05, 0) is 36.4 Å². The van der Waals surface area contributed by atoms with E-state index in [-0.39, 0.29) is 24.3 Å². The number of anilines is 1. The molecule has 0 heterocycles. The lowest BCUT2D eigenvalue weighted by Crippen LogP contribution is -2.36. The van der Waals surface area contributed by atoms with Gasteiger partial charge in [0.15, 0.2) is 0 Å². The van der Waals surface area contributed by atoms with E-state index in [2.05, 4.69) is 26.6 Å². The molecular formula is C18H19BrN2O2S. The van der Waals surface area contributed by atoms with Gasteiger partial charge >= 0.3 is 0 Å². The van der Waals surface area contributed by atoms with Crippen molar-refractivity contribution in [2.75, 3.05) is 17.6 Å². The molecule has 4 nitrogen and oxygen atoms in total. The van der Waals surface area contributed by atoms with Crippen molar-refractivity contribution in [3.05, 3.63) is 59.1 Å². The first-order valence-electron chi connectivity index (χ1n) is 7.55. The quantitative estimate of drug-likeness (QED) is 0.684. The van der Waals surface area contributed by atoms with Crippen molar-refractivity contribution in [3.8, 4) is 0 Å². The van der Waals surface area contributed by atoms with Crippen LogP contribution < -0.4 is 10.6 Å². The zero-order valence-corrected chi connectivity index (χ0v) is 15.7. The summed E-state index contributed by atoms with van der Waals surface area (Å²) in [4.78, 5) is 25.0. The maximum Gasteiger partial charge on any atom is 0.243 e. The SMILES string of the molecule is CC(CSc1ccccc1)C(=O)NCC(=O)Nc1ccc(Br)cc1. The smallest absolute Gasteiger partial charge is 0.243 e. The Labute approximate surface area is 154 Å². The summed E-state index contributed by atoms with van der Waals surface area (Å²) in [6.07, 6.45) is 0. The highest BCUT2D eigenvalue weighted by molar-refractivity contribution is 9.10. The highest BCUT2D eigenvalue weighted by atomic mass is 79.9. The van der Waals surface area contributed by atoms with Crippen LogP contribution in [0.4, 0.5) is 5.69 Å². The van der Waals surface area contributed by atoms with Gasteiger partial charge in [-0.2, -0.15) is 0 Å². The molecule has 0 aliphatic rings. The second-order valence-electron chi connectivity index (χ2n) is 5.30. The topological polar surface area (TPSA) is 58.2 Å². The van der Waals surface area contributed by atoms with Crippen molar-refractivity contribution >= 4 is 45.2 Å². The highest BCUT2D eigenvalue weighted by Crippen LogP contribution is 2.20. The zero-order chi connectivity index (χ0) is 17.4. The lowest BCUT2D eigenvalue weighted by molar-refractivity contribution is -0.126. The van der Waals surface area contributed by atoms with Crippen molar-refractivity contribution in [2.45, 2.75) is 11.8 Å². The standard InChI is InChI=1S/C18H19BrN2O2S/c1-13(12-24-16-5-3-2-4-6-16)18(23)20-11-17(22)21-15-9-7-14(19)8-10-15/h2-10,13H,11-12H2,1H3,(H,20,23)(H,21,22). The molecule has 0 aliphatic heterocycles. The molecule has 24 heavy (non-hydrogen) atoms. The first kappa shape index (κ1) is 18.5. The number of rotatable bonds is 7. The Kier molecular flexibility index (Phi) is 7.34. The Morgan fingerprint density at radius 2 is 1.75 bits per heavy atom. The maximum absolute atomic E-state index is 12.1. The van der Waals surface area contributed by atoms with Gasteiger partial charge in [-0.3, -0.25) is 9.59 Å². The van der Waals surface area contributed by atoms with E-state index in [1.807, 2.05) is 49.4 Å². The summed E-state index contributed by atoms with van der Waals surface area (Å²) in [5, 5.41) is 5.42. The third-order valence-electron chi connectivity index (χ3n) is 3.24. The van der Waals surface area contributed by atoms with Crippen LogP contribution in [0, 0.1) is 5.92 Å². The summed E-state index contributed by atoms with van der Waals surface area (Å²) in [6.45, 7) is 1.83. The third kappa shape index (κ3) is 6.37. The van der Waals surface area contributed by atoms with Gasteiger partial charge in [-0.1, -0.05) is 41.1 Å². The van der Waals surface area contributed by atoms with Crippen LogP contribution in [0.1, 0.15) is 6.92 Å². The van der Waals surface area contributed by atoms with Gasteiger partial charge in [-0.25, -0.2) is 0 Å². The number of halogens is 1. The second-order valence-corrected chi connectivity index (χ2v) is 7.31. The van der Waals surface area contributed by atoms with Gasteiger partial charge in [0.05, 0.1) is 6.54 Å². The maximum atomic E-state index is 12.1. The van der Waals surface area contributed by atoms with Crippen molar-refractivity contribution in [3.63, 3.8) is 0 Å². The Morgan fingerprint density at radius 1 is 1.08 bits per heavy atom. The Bertz CT molecular complexity index is 677. The van der Waals surface area contributed by atoms with Crippen molar-refractivity contribution in [2.24, 2.45) is 5.92 Å². The minimum absolute atomic E-state index is 0.0325. The minimum atomic E-state index is -0.242. The predicted octanol–water partition coefficient (Wildman–Crippen LogP) is 3.93. The zero-order valence-electron chi connectivity index (χ0n) is 13.3. The van der Waals surface area contributed by atoms with Crippen molar-refractivity contribution < 1.29 is 9.59 Å². The number of amides is 2. The molecule has 0 bridgehead atoms. The van der Waals surface area contributed by atoms with Gasteiger partial charge in [-0.15, -0.1) is 11.8 Å². The molecule has 0 radical (unpaired) electrons. The van der Waals surface area contributed by atoms with E-state index in [1.165, 1.54) is 0 Å². The van der Waals surface area contributed by atoms with Gasteiger partial charge in [0.25, 0.3) is 0 Å². The van der Waals surface area contributed by atoms with Gasteiger partial charge in [0.2, 0.25) is 11.8 Å². The fourth-order valence-corrected chi connectivity index (χ4v) is 3.10. The molecule has 1 unspecified atom stereocenters. The molecule has 6 heteroatoms. The minimum Gasteiger partial charge on any atom is -0.347 e. The number of nitrogens with one attached hydrogen (secondary N) is 2. The van der Waals surface area contributed by atoms with E-state index in [9.17, 15) is 9.59 Å². The summed E-state index contributed by atoms with van der Waals surface area (Å²) >= 11 is 4.97. The fraction of sp³-hybridized carbons (Fsp3) is 0.222. The molecule has 2 amide bonds. The molecule has 2 aromatic rings. The largest absolute Gasteiger partial charge is 0.347 e. The predicted molar refractivity (Wildman–Crippen MR) is 102 cm³/mol. The molecule has 0 saturated carbocycles. The molecular weight excluding hydrogens is 388 g/mol. The number of carbonyl (C=O) groups excluding carboxylic acids is 2. The first-order chi connectivity index (χ1) is 11.5. The Balaban J connectivity index is 1.71. The number of thioether (sulfide) groups is 1. The molecule has 2 N–H and O–H groups in total. The average molecular weight is 407 g/mol. The molecule has 0 saturated heterocycles. The van der Waals surface area contributed by atoms with Crippen molar-refractivity contribution in [1.29, 1.82) is 0 Å². The monoisotopic (exact) mass is 406 g/mol. The van der Waals surface area contributed by atoms with Crippen LogP contribution in [0.25, 0.3) is 0 Å². The number of benzene rings is 2. The average Bonchev–Trinajstić information content (AvgIpc) is 2.60. The van der Waals surface area contributed by atoms with E-state index in [4.69, 9.17) is 0 Å². The molecule has 1 atom stereocenters. The Hall–Kier alpha value is -1.79. The van der Waals surface area contributed by atoms with Crippen LogP contribution >= 0.6 is 27.7 Å². The van der Waals surface area contributed by atoms with Gasteiger partial charge in [0.1, 0.15) is 0 Å². The van der Waals surface area contributed by atoms with E-state index in [1.54, 1.807) is 23.9 Å². The van der Waals surface area contributed by atoms with Gasteiger partial charge in [0, 0.05) is 26.7 Å². The van der Waals surface area contributed by atoms with E-state index < -0.39 is 0 Å². The third-order valence-corrected chi connectivity index (χ3v) is 5.04. The van der Waals surface area contributed by atoms with E-state index in [0.717, 1.165) is 9.37 Å². The molecule has 126 valence electrons. The fourth-order valence-electron chi connectivity index (χ4n) is 1.89. The molecule has 2 rings (SSSR count). The van der Waals surface area contributed by atoms with Crippen LogP contribution in [0.3, 0.4) is 0 Å². The molecule has 0 fully saturated rings. The number of hydrogen-bond donors (Lipinski definition) is 2. The molecule has 0 aliphatic carbocycles. The highest BCUT2D eigenvalue weighted by Gasteiger charge is 2.14. The molecule has 0 aromatic heterocycles. The number of hydrogen-bond acceptors (Lipinski definition) is 3. The summed E-state index contributed by atoms with van der Waals surface area (Å²) in [5.74, 6) is 0.137. The summed E-state index contributed by atoms with van der Waals surface area (Å²) in [6, 6.07) is 17.2. The summed E-state index contributed by atoms with van der Waals surface area (Å²) in [7, 11) is 0. The normalized spacial score (nSPS) is 11.6. The second kappa shape index (κ2) is 9.49. The van der Waals surface area contributed by atoms with E-state index in [0.29, 0.717) is 11.4 Å². The van der Waals surface area contributed by atoms with Crippen LogP contribution in [0.15, 0.2) is 64.0 Å². The summed E-state index contributed by atoms with van der Waals surface area (Å²) < 4.78 is 0.943. The van der Waals surface area contributed by atoms with Crippen LogP contribution in [0.5, 0.6) is 0 Å². The van der Waals surface area contributed by atoms with E-state index >= 15 is 0 Å². The van der Waals surface area contributed by atoms with Crippen LogP contribution in [-0.4, -0.2) is 24.1 Å². The van der Waals surface area contributed by atoms with Crippen LogP contribution in [-0.2, 0) is 9.59 Å². The Morgan fingerprint density at radius 3 is 2.42 bits per heavy atom. The first-order valence-corrected chi connectivity index (χ1v) is 9.33. The van der Waals surface area contributed by atoms with Gasteiger partial charge < -0.3 is 10.6 Å². The number of carbonyl (C=O) groups is 2.